The molecule has 0 aliphatic heterocycles. The lowest BCUT2D eigenvalue weighted by molar-refractivity contribution is -0.121. The van der Waals surface area contributed by atoms with Crippen LogP contribution in [0.5, 0.6) is 5.75 Å². The molecule has 0 radical (unpaired) electrons. The summed E-state index contributed by atoms with van der Waals surface area (Å²) in [6, 6.07) is 7.80. The number of rotatable bonds is 4. The molecule has 90 valence electrons. The summed E-state index contributed by atoms with van der Waals surface area (Å²) in [5, 5.41) is 1.10. The zero-order valence-corrected chi connectivity index (χ0v) is 10.4. The molecule has 0 N–H and O–H groups in total. The number of ketones is 1. The van der Waals surface area contributed by atoms with E-state index in [1.165, 1.54) is 0 Å². The maximum atomic E-state index is 11.7. The Bertz CT molecular complexity index is 542. The van der Waals surface area contributed by atoms with E-state index in [-0.39, 0.29) is 11.8 Å². The highest BCUT2D eigenvalue weighted by Crippen LogP contribution is 2.25. The van der Waals surface area contributed by atoms with E-state index in [2.05, 4.69) is 0 Å². The van der Waals surface area contributed by atoms with E-state index in [1.807, 2.05) is 48.9 Å². The first kappa shape index (κ1) is 11.7. The standard InChI is InChI=1S/C14H17NO2/c1-4-14(16)10(2)15-8-7-11-9-12(17-3)5-6-13(11)15/h5-10H,4H2,1-3H3. The van der Waals surface area contributed by atoms with Crippen molar-refractivity contribution in [1.29, 1.82) is 0 Å². The molecule has 17 heavy (non-hydrogen) atoms. The second-order valence-corrected chi connectivity index (χ2v) is 4.14. The van der Waals surface area contributed by atoms with Gasteiger partial charge in [0.1, 0.15) is 5.75 Å². The van der Waals surface area contributed by atoms with Gasteiger partial charge in [-0.2, -0.15) is 0 Å². The van der Waals surface area contributed by atoms with E-state index < -0.39 is 0 Å². The van der Waals surface area contributed by atoms with Gasteiger partial charge in [0.25, 0.3) is 0 Å². The van der Waals surface area contributed by atoms with Gasteiger partial charge in [-0.05, 0) is 31.2 Å². The minimum atomic E-state index is -0.106. The van der Waals surface area contributed by atoms with E-state index in [4.69, 9.17) is 4.74 Å². The number of aromatic nitrogens is 1. The largest absolute Gasteiger partial charge is 0.497 e. The molecular formula is C14H17NO2. The van der Waals surface area contributed by atoms with Crippen molar-refractivity contribution in [3.63, 3.8) is 0 Å². The Morgan fingerprint density at radius 3 is 2.82 bits per heavy atom. The average Bonchev–Trinajstić information content (AvgIpc) is 2.79. The molecule has 0 bridgehead atoms. The quantitative estimate of drug-likeness (QED) is 0.809. The lowest BCUT2D eigenvalue weighted by atomic mass is 10.1. The van der Waals surface area contributed by atoms with Crippen molar-refractivity contribution in [1.82, 2.24) is 4.57 Å². The Labute approximate surface area is 101 Å². The van der Waals surface area contributed by atoms with Crippen LogP contribution in [0.3, 0.4) is 0 Å². The summed E-state index contributed by atoms with van der Waals surface area (Å²) in [6.07, 6.45) is 2.53. The Morgan fingerprint density at radius 2 is 2.18 bits per heavy atom. The first-order valence-corrected chi connectivity index (χ1v) is 5.84. The Hall–Kier alpha value is -1.77. The zero-order chi connectivity index (χ0) is 12.4. The third-order valence-corrected chi connectivity index (χ3v) is 3.16. The Morgan fingerprint density at radius 1 is 1.41 bits per heavy atom. The summed E-state index contributed by atoms with van der Waals surface area (Å²) in [5.41, 5.74) is 1.07. The van der Waals surface area contributed by atoms with Gasteiger partial charge in [0.2, 0.25) is 0 Å². The fourth-order valence-corrected chi connectivity index (χ4v) is 2.06. The molecule has 1 aromatic carbocycles. The number of fused-ring (bicyclic) bond motifs is 1. The van der Waals surface area contributed by atoms with Crippen molar-refractivity contribution in [2.24, 2.45) is 0 Å². The smallest absolute Gasteiger partial charge is 0.155 e. The van der Waals surface area contributed by atoms with Crippen LogP contribution in [0.4, 0.5) is 0 Å². The summed E-state index contributed by atoms with van der Waals surface area (Å²) in [5.74, 6) is 1.09. The molecule has 0 spiro atoms. The fraction of sp³-hybridized carbons (Fsp3) is 0.357. The van der Waals surface area contributed by atoms with Gasteiger partial charge in [-0.1, -0.05) is 6.92 Å². The Balaban J connectivity index is 2.46. The van der Waals surface area contributed by atoms with Crippen molar-refractivity contribution in [3.05, 3.63) is 30.5 Å². The van der Waals surface area contributed by atoms with Crippen LogP contribution in [0.2, 0.25) is 0 Å². The molecule has 1 atom stereocenters. The third kappa shape index (κ3) is 2.05. The fourth-order valence-electron chi connectivity index (χ4n) is 2.06. The van der Waals surface area contributed by atoms with E-state index in [9.17, 15) is 4.79 Å². The molecule has 0 aliphatic carbocycles. The van der Waals surface area contributed by atoms with Crippen LogP contribution in [-0.4, -0.2) is 17.5 Å². The number of methoxy groups -OCH3 is 1. The minimum Gasteiger partial charge on any atom is -0.497 e. The van der Waals surface area contributed by atoms with Gasteiger partial charge in [-0.15, -0.1) is 0 Å². The first-order chi connectivity index (χ1) is 8.17. The van der Waals surface area contributed by atoms with Gasteiger partial charge in [-0.25, -0.2) is 0 Å². The molecule has 0 aliphatic rings. The summed E-state index contributed by atoms with van der Waals surface area (Å²) in [4.78, 5) is 11.7. The van der Waals surface area contributed by atoms with Crippen molar-refractivity contribution < 1.29 is 9.53 Å². The van der Waals surface area contributed by atoms with Crippen LogP contribution >= 0.6 is 0 Å². The van der Waals surface area contributed by atoms with E-state index in [0.29, 0.717) is 6.42 Å². The molecule has 0 fully saturated rings. The zero-order valence-electron chi connectivity index (χ0n) is 10.4. The van der Waals surface area contributed by atoms with Gasteiger partial charge < -0.3 is 9.30 Å². The monoisotopic (exact) mass is 231 g/mol. The normalized spacial score (nSPS) is 12.6. The average molecular weight is 231 g/mol. The van der Waals surface area contributed by atoms with E-state index >= 15 is 0 Å². The van der Waals surface area contributed by atoms with Crippen molar-refractivity contribution in [2.45, 2.75) is 26.3 Å². The molecule has 1 unspecified atom stereocenters. The van der Waals surface area contributed by atoms with Crippen molar-refractivity contribution >= 4 is 16.7 Å². The third-order valence-electron chi connectivity index (χ3n) is 3.16. The second kappa shape index (κ2) is 4.62. The number of carbonyl (C=O) groups is 1. The van der Waals surface area contributed by atoms with Crippen LogP contribution in [0.15, 0.2) is 30.5 Å². The molecule has 1 aromatic heterocycles. The van der Waals surface area contributed by atoms with E-state index in [1.54, 1.807) is 7.11 Å². The van der Waals surface area contributed by atoms with Crippen molar-refractivity contribution in [2.75, 3.05) is 7.11 Å². The molecule has 0 saturated carbocycles. The molecule has 3 heteroatoms. The summed E-state index contributed by atoms with van der Waals surface area (Å²) in [7, 11) is 1.65. The molecular weight excluding hydrogens is 214 g/mol. The van der Waals surface area contributed by atoms with Crippen LogP contribution in [0, 0.1) is 0 Å². The number of benzene rings is 1. The number of ether oxygens (including phenoxy) is 1. The number of nitrogens with zero attached hydrogens (tertiary/aromatic N) is 1. The summed E-state index contributed by atoms with van der Waals surface area (Å²) >= 11 is 0. The van der Waals surface area contributed by atoms with Crippen LogP contribution in [0.1, 0.15) is 26.3 Å². The molecule has 0 amide bonds. The van der Waals surface area contributed by atoms with Crippen molar-refractivity contribution in [3.8, 4) is 5.75 Å². The highest BCUT2D eigenvalue weighted by atomic mass is 16.5. The van der Waals surface area contributed by atoms with Gasteiger partial charge >= 0.3 is 0 Å². The second-order valence-electron chi connectivity index (χ2n) is 4.14. The van der Waals surface area contributed by atoms with Gasteiger partial charge in [-0.3, -0.25) is 4.79 Å². The highest BCUT2D eigenvalue weighted by molar-refractivity contribution is 5.87. The maximum absolute atomic E-state index is 11.7. The molecule has 3 nitrogen and oxygen atoms in total. The summed E-state index contributed by atoms with van der Waals surface area (Å²) in [6.45, 7) is 3.84. The number of hydrogen-bond acceptors (Lipinski definition) is 2. The van der Waals surface area contributed by atoms with Crippen LogP contribution < -0.4 is 4.74 Å². The van der Waals surface area contributed by atoms with Gasteiger partial charge in [0.05, 0.1) is 13.2 Å². The minimum absolute atomic E-state index is 0.106. The molecule has 1 heterocycles. The summed E-state index contributed by atoms with van der Waals surface area (Å²) < 4.78 is 7.20. The predicted octanol–water partition coefficient (Wildman–Crippen LogP) is 3.19. The first-order valence-electron chi connectivity index (χ1n) is 5.84. The maximum Gasteiger partial charge on any atom is 0.155 e. The number of hydrogen-bond donors (Lipinski definition) is 0. The number of carbonyl (C=O) groups excluding carboxylic acids is 1. The van der Waals surface area contributed by atoms with Gasteiger partial charge in [0, 0.05) is 23.5 Å². The van der Waals surface area contributed by atoms with Crippen LogP contribution in [-0.2, 0) is 4.79 Å². The van der Waals surface area contributed by atoms with E-state index in [0.717, 1.165) is 16.7 Å². The topological polar surface area (TPSA) is 31.2 Å². The number of Topliss-reactive ketones (excluding diaryl/α,β-unsaturated/α-hetero) is 1. The highest BCUT2D eigenvalue weighted by Gasteiger charge is 2.14. The molecule has 0 saturated heterocycles. The SMILES string of the molecule is CCC(=O)C(C)n1ccc2cc(OC)ccc21. The molecule has 2 aromatic rings. The molecule has 2 rings (SSSR count). The van der Waals surface area contributed by atoms with Gasteiger partial charge in [0.15, 0.2) is 5.78 Å². The Kier molecular flexibility index (Phi) is 3.18. The lowest BCUT2D eigenvalue weighted by Gasteiger charge is -2.13. The van der Waals surface area contributed by atoms with Crippen LogP contribution in [0.25, 0.3) is 10.9 Å². The lowest BCUT2D eigenvalue weighted by Crippen LogP contribution is -2.14. The predicted molar refractivity (Wildman–Crippen MR) is 68.5 cm³/mol.